The molecule has 1 amide bonds. The van der Waals surface area contributed by atoms with Gasteiger partial charge in [0.1, 0.15) is 17.0 Å². The van der Waals surface area contributed by atoms with Crippen LogP contribution in [-0.2, 0) is 16.0 Å². The molecule has 7 heteroatoms. The van der Waals surface area contributed by atoms with Gasteiger partial charge in [-0.2, -0.15) is 0 Å². The number of carbonyl (C=O) groups is 1. The highest BCUT2D eigenvalue weighted by atomic mass is 19.1. The Morgan fingerprint density at radius 3 is 2.64 bits per heavy atom. The Morgan fingerprint density at radius 2 is 1.91 bits per heavy atom. The van der Waals surface area contributed by atoms with Gasteiger partial charge in [-0.25, -0.2) is 9.18 Å². The first-order valence-corrected chi connectivity index (χ1v) is 11.0. The van der Waals surface area contributed by atoms with Crippen LogP contribution in [0.4, 0.5) is 4.39 Å². The van der Waals surface area contributed by atoms with Crippen molar-refractivity contribution in [1.82, 2.24) is 5.32 Å². The number of benzene rings is 2. The predicted molar refractivity (Wildman–Crippen MR) is 123 cm³/mol. The molecule has 2 aromatic carbocycles. The molecule has 6 nitrogen and oxygen atoms in total. The summed E-state index contributed by atoms with van der Waals surface area (Å²) in [5.74, 6) is -0.554. The highest BCUT2D eigenvalue weighted by Crippen LogP contribution is 2.37. The molecule has 0 aliphatic carbocycles. The molecule has 170 valence electrons. The fourth-order valence-electron chi connectivity index (χ4n) is 4.51. The van der Waals surface area contributed by atoms with E-state index in [2.05, 4.69) is 5.32 Å². The van der Waals surface area contributed by atoms with Gasteiger partial charge >= 0.3 is 5.63 Å². The van der Waals surface area contributed by atoms with E-state index in [0.717, 1.165) is 41.3 Å². The third-order valence-electron chi connectivity index (χ3n) is 6.39. The maximum Gasteiger partial charge on any atom is 0.340 e. The molecule has 0 unspecified atom stereocenters. The molecule has 0 saturated carbocycles. The molecule has 0 radical (unpaired) electrons. The predicted octanol–water partition coefficient (Wildman–Crippen LogP) is 4.80. The van der Waals surface area contributed by atoms with Gasteiger partial charge < -0.3 is 18.9 Å². The number of hydrogen-bond donors (Lipinski definition) is 1. The summed E-state index contributed by atoms with van der Waals surface area (Å²) in [5, 5.41) is 4.43. The maximum absolute atomic E-state index is 13.4. The van der Waals surface area contributed by atoms with Gasteiger partial charge in [-0.05, 0) is 56.0 Å². The quantitative estimate of drug-likeness (QED) is 0.443. The van der Waals surface area contributed by atoms with Crippen LogP contribution >= 0.6 is 0 Å². The van der Waals surface area contributed by atoms with E-state index >= 15 is 0 Å². The second-order valence-electron chi connectivity index (χ2n) is 8.52. The second-order valence-corrected chi connectivity index (χ2v) is 8.52. The zero-order valence-electron chi connectivity index (χ0n) is 18.5. The second kappa shape index (κ2) is 8.48. The lowest BCUT2D eigenvalue weighted by molar-refractivity contribution is -0.121. The molecule has 2 aromatic heterocycles. The first-order valence-electron chi connectivity index (χ1n) is 11.0. The monoisotopic (exact) mass is 449 g/mol. The summed E-state index contributed by atoms with van der Waals surface area (Å²) >= 11 is 0. The number of ether oxygens (including phenoxy) is 1. The van der Waals surface area contributed by atoms with Crippen molar-refractivity contribution in [2.45, 2.75) is 39.2 Å². The highest BCUT2D eigenvalue weighted by molar-refractivity contribution is 6.05. The molecule has 0 spiro atoms. The van der Waals surface area contributed by atoms with Crippen LogP contribution in [-0.4, -0.2) is 25.2 Å². The van der Waals surface area contributed by atoms with Gasteiger partial charge in [0.15, 0.2) is 0 Å². The Morgan fingerprint density at radius 1 is 1.12 bits per heavy atom. The number of halogens is 1. The van der Waals surface area contributed by atoms with Crippen LogP contribution in [0.25, 0.3) is 33.1 Å². The fraction of sp³-hybridized carbons (Fsp3) is 0.308. The molecule has 1 atom stereocenters. The summed E-state index contributed by atoms with van der Waals surface area (Å²) in [6.45, 7) is 4.81. The molecule has 1 aliphatic rings. The van der Waals surface area contributed by atoms with Crippen molar-refractivity contribution in [3.05, 3.63) is 69.5 Å². The number of hydrogen-bond acceptors (Lipinski definition) is 5. The molecule has 1 N–H and O–H groups in total. The number of carbonyl (C=O) groups excluding carboxylic acids is 1. The van der Waals surface area contributed by atoms with Crippen molar-refractivity contribution in [2.75, 3.05) is 13.2 Å². The van der Waals surface area contributed by atoms with Crippen molar-refractivity contribution in [2.24, 2.45) is 0 Å². The van der Waals surface area contributed by atoms with Gasteiger partial charge in [0.2, 0.25) is 5.91 Å². The summed E-state index contributed by atoms with van der Waals surface area (Å²) < 4.78 is 30.4. The molecule has 1 saturated heterocycles. The average molecular weight is 449 g/mol. The van der Waals surface area contributed by atoms with E-state index < -0.39 is 5.63 Å². The van der Waals surface area contributed by atoms with Crippen molar-refractivity contribution < 1.29 is 22.8 Å². The first-order chi connectivity index (χ1) is 15.9. The van der Waals surface area contributed by atoms with Crippen molar-refractivity contribution in [3.8, 4) is 11.1 Å². The summed E-state index contributed by atoms with van der Waals surface area (Å²) in [4.78, 5) is 25.3. The first kappa shape index (κ1) is 21.4. The summed E-state index contributed by atoms with van der Waals surface area (Å²) in [5.41, 5.74) is 3.88. The summed E-state index contributed by atoms with van der Waals surface area (Å²) in [7, 11) is 0. The Labute approximate surface area is 189 Å². The van der Waals surface area contributed by atoms with Crippen LogP contribution in [0.1, 0.15) is 29.5 Å². The van der Waals surface area contributed by atoms with Crippen molar-refractivity contribution >= 4 is 27.8 Å². The fourth-order valence-corrected chi connectivity index (χ4v) is 4.51. The highest BCUT2D eigenvalue weighted by Gasteiger charge is 2.21. The number of aryl methyl sites for hydroxylation is 2. The Hall–Kier alpha value is -3.45. The summed E-state index contributed by atoms with van der Waals surface area (Å²) in [6.07, 6.45) is 3.51. The smallest absolute Gasteiger partial charge is 0.340 e. The van der Waals surface area contributed by atoms with E-state index in [0.29, 0.717) is 34.4 Å². The van der Waals surface area contributed by atoms with E-state index in [-0.39, 0.29) is 24.2 Å². The van der Waals surface area contributed by atoms with Crippen molar-refractivity contribution in [1.29, 1.82) is 0 Å². The van der Waals surface area contributed by atoms with Gasteiger partial charge in [-0.1, -0.05) is 12.1 Å². The number of amides is 1. The van der Waals surface area contributed by atoms with Gasteiger partial charge in [0.05, 0.1) is 24.4 Å². The molecule has 33 heavy (non-hydrogen) atoms. The number of nitrogens with one attached hydrogen (secondary N) is 1. The minimum atomic E-state index is -0.528. The Balaban J connectivity index is 1.54. The van der Waals surface area contributed by atoms with E-state index in [1.807, 2.05) is 19.9 Å². The molecule has 5 rings (SSSR count). The van der Waals surface area contributed by atoms with Gasteiger partial charge in [0.25, 0.3) is 0 Å². The van der Waals surface area contributed by atoms with Crippen molar-refractivity contribution in [3.63, 3.8) is 0 Å². The normalized spacial score (nSPS) is 16.0. The van der Waals surface area contributed by atoms with Gasteiger partial charge in [0, 0.05) is 35.1 Å². The average Bonchev–Trinajstić information content (AvgIpc) is 3.47. The zero-order chi connectivity index (χ0) is 23.1. The van der Waals surface area contributed by atoms with Gasteiger partial charge in [-0.15, -0.1) is 0 Å². The largest absolute Gasteiger partial charge is 0.463 e. The Bertz CT molecular complexity index is 1410. The third-order valence-corrected chi connectivity index (χ3v) is 6.39. The van der Waals surface area contributed by atoms with Crippen LogP contribution < -0.4 is 10.9 Å². The Kier molecular flexibility index (Phi) is 5.50. The molecular weight excluding hydrogens is 425 g/mol. The van der Waals surface area contributed by atoms with Crippen LogP contribution in [0.15, 0.2) is 50.2 Å². The van der Waals surface area contributed by atoms with Gasteiger partial charge in [-0.3, -0.25) is 4.79 Å². The zero-order valence-corrected chi connectivity index (χ0v) is 18.5. The molecule has 1 aliphatic heterocycles. The molecule has 3 heterocycles. The minimum Gasteiger partial charge on any atom is -0.463 e. The van der Waals surface area contributed by atoms with E-state index in [4.69, 9.17) is 13.6 Å². The lowest BCUT2D eigenvalue weighted by atomic mass is 9.97. The molecular formula is C26H24FNO5. The van der Waals surface area contributed by atoms with Crippen LogP contribution in [0, 0.1) is 19.7 Å². The van der Waals surface area contributed by atoms with Crippen LogP contribution in [0.2, 0.25) is 0 Å². The molecule has 4 aromatic rings. The number of fused-ring (bicyclic) bond motifs is 2. The summed E-state index contributed by atoms with van der Waals surface area (Å²) in [6, 6.07) is 8.10. The van der Waals surface area contributed by atoms with E-state index in [9.17, 15) is 14.0 Å². The standard InChI is InChI=1S/C26H24FNO5/c1-14-19-10-21-22(16-5-7-17(27)8-6-16)13-32-24(21)15(2)25(19)33-26(30)20(14)11-23(29)28-12-18-4-3-9-31-18/h5-8,10,13,18H,3-4,9,11-12H2,1-2H3,(H,28,29)/t18-/m0/s1. The van der Waals surface area contributed by atoms with E-state index in [1.165, 1.54) is 12.1 Å². The molecule has 0 bridgehead atoms. The number of rotatable bonds is 5. The lowest BCUT2D eigenvalue weighted by Gasteiger charge is -2.12. The lowest BCUT2D eigenvalue weighted by Crippen LogP contribution is -2.34. The third kappa shape index (κ3) is 3.93. The van der Waals surface area contributed by atoms with E-state index in [1.54, 1.807) is 18.4 Å². The SMILES string of the molecule is Cc1c(CC(=O)NC[C@@H]2CCCO2)c(=O)oc2c(C)c3occ(-c4ccc(F)cc4)c3cc12. The van der Waals surface area contributed by atoms with Crippen LogP contribution in [0.3, 0.4) is 0 Å². The maximum atomic E-state index is 13.4. The number of furan rings is 1. The van der Waals surface area contributed by atoms with Crippen LogP contribution in [0.5, 0.6) is 0 Å². The molecule has 1 fully saturated rings. The minimum absolute atomic E-state index is 0.0324. The topological polar surface area (TPSA) is 81.7 Å².